The molecule has 1 amide bonds. The van der Waals surface area contributed by atoms with Gasteiger partial charge in [0.2, 0.25) is 5.91 Å². The number of nitrogens with zero attached hydrogens (tertiary/aromatic N) is 1. The fourth-order valence-corrected chi connectivity index (χ4v) is 3.59. The van der Waals surface area contributed by atoms with E-state index in [4.69, 9.17) is 0 Å². The standard InChI is InChI=1S/C16H21NO2/c18-14-8-11-17(12-14)15(19)16(9-4-5-10-16)13-6-2-1-3-7-13/h1-3,6-7,14,18H,4-5,8-12H2. The number of aliphatic hydroxyl groups is 1. The van der Waals surface area contributed by atoms with Crippen LogP contribution in [0.5, 0.6) is 0 Å². The van der Waals surface area contributed by atoms with Gasteiger partial charge in [-0.15, -0.1) is 0 Å². The Labute approximate surface area is 114 Å². The number of β-amino-alcohol motifs (C(OH)–C–C–N with tert-alkyl or cyclic N) is 1. The monoisotopic (exact) mass is 259 g/mol. The van der Waals surface area contributed by atoms with E-state index < -0.39 is 0 Å². The maximum Gasteiger partial charge on any atom is 0.233 e. The van der Waals surface area contributed by atoms with E-state index in [1.807, 2.05) is 23.1 Å². The molecule has 3 rings (SSSR count). The summed E-state index contributed by atoms with van der Waals surface area (Å²) >= 11 is 0. The van der Waals surface area contributed by atoms with Gasteiger partial charge in [0.15, 0.2) is 0 Å². The lowest BCUT2D eigenvalue weighted by atomic mass is 9.77. The van der Waals surface area contributed by atoms with E-state index >= 15 is 0 Å². The zero-order valence-corrected chi connectivity index (χ0v) is 11.2. The third kappa shape index (κ3) is 2.16. The Kier molecular flexibility index (Phi) is 3.31. The van der Waals surface area contributed by atoms with Gasteiger partial charge in [0, 0.05) is 13.1 Å². The summed E-state index contributed by atoms with van der Waals surface area (Å²) in [5, 5.41) is 9.65. The van der Waals surface area contributed by atoms with Crippen LogP contribution in [0.4, 0.5) is 0 Å². The number of likely N-dealkylation sites (tertiary alicyclic amines) is 1. The van der Waals surface area contributed by atoms with Crippen molar-refractivity contribution in [2.75, 3.05) is 13.1 Å². The third-order valence-corrected chi connectivity index (χ3v) is 4.64. The zero-order valence-electron chi connectivity index (χ0n) is 11.2. The molecule has 1 atom stereocenters. The Hall–Kier alpha value is -1.35. The van der Waals surface area contributed by atoms with Crippen molar-refractivity contribution in [1.29, 1.82) is 0 Å². The van der Waals surface area contributed by atoms with Gasteiger partial charge in [0.25, 0.3) is 0 Å². The molecule has 1 saturated heterocycles. The van der Waals surface area contributed by atoms with Crippen molar-refractivity contribution in [2.45, 2.75) is 43.6 Å². The fourth-order valence-electron chi connectivity index (χ4n) is 3.59. The van der Waals surface area contributed by atoms with Gasteiger partial charge in [0.05, 0.1) is 11.5 Å². The first-order valence-electron chi connectivity index (χ1n) is 7.25. The molecule has 1 aromatic rings. The molecule has 1 saturated carbocycles. The smallest absolute Gasteiger partial charge is 0.233 e. The normalized spacial score (nSPS) is 25.7. The largest absolute Gasteiger partial charge is 0.391 e. The first-order valence-corrected chi connectivity index (χ1v) is 7.25. The van der Waals surface area contributed by atoms with E-state index in [0.717, 1.165) is 37.7 Å². The number of carbonyl (C=O) groups excluding carboxylic acids is 1. The number of benzene rings is 1. The SMILES string of the molecule is O=C(N1CCC(O)C1)C1(c2ccccc2)CCCC1. The average Bonchev–Trinajstić information content (AvgIpc) is 3.08. The van der Waals surface area contributed by atoms with Crippen molar-refractivity contribution in [3.63, 3.8) is 0 Å². The van der Waals surface area contributed by atoms with Gasteiger partial charge < -0.3 is 10.0 Å². The second-order valence-corrected chi connectivity index (χ2v) is 5.85. The maximum atomic E-state index is 12.9. The maximum absolute atomic E-state index is 12.9. The lowest BCUT2D eigenvalue weighted by molar-refractivity contribution is -0.136. The van der Waals surface area contributed by atoms with Gasteiger partial charge in [-0.05, 0) is 24.8 Å². The third-order valence-electron chi connectivity index (χ3n) is 4.64. The van der Waals surface area contributed by atoms with Crippen LogP contribution >= 0.6 is 0 Å². The molecule has 19 heavy (non-hydrogen) atoms. The predicted molar refractivity (Wildman–Crippen MR) is 73.8 cm³/mol. The zero-order chi connectivity index (χ0) is 13.3. The first kappa shape index (κ1) is 12.7. The van der Waals surface area contributed by atoms with Crippen LogP contribution in [0, 0.1) is 0 Å². The summed E-state index contributed by atoms with van der Waals surface area (Å²) < 4.78 is 0. The quantitative estimate of drug-likeness (QED) is 0.883. The summed E-state index contributed by atoms with van der Waals surface area (Å²) in [5.74, 6) is 0.229. The van der Waals surface area contributed by atoms with Crippen molar-refractivity contribution in [1.82, 2.24) is 4.90 Å². The van der Waals surface area contributed by atoms with E-state index in [2.05, 4.69) is 12.1 Å². The minimum absolute atomic E-state index is 0.229. The molecule has 3 nitrogen and oxygen atoms in total. The second-order valence-electron chi connectivity index (χ2n) is 5.85. The average molecular weight is 259 g/mol. The molecule has 3 heteroatoms. The molecular weight excluding hydrogens is 238 g/mol. The van der Waals surface area contributed by atoms with Gasteiger partial charge in [-0.25, -0.2) is 0 Å². The van der Waals surface area contributed by atoms with Gasteiger partial charge in [0.1, 0.15) is 0 Å². The second kappa shape index (κ2) is 4.97. The molecule has 1 heterocycles. The van der Waals surface area contributed by atoms with Crippen LogP contribution < -0.4 is 0 Å². The lowest BCUT2D eigenvalue weighted by Crippen LogP contribution is -2.44. The number of carbonyl (C=O) groups is 1. The van der Waals surface area contributed by atoms with Gasteiger partial charge in [-0.1, -0.05) is 43.2 Å². The number of rotatable bonds is 2. The number of hydrogen-bond acceptors (Lipinski definition) is 2. The number of aliphatic hydroxyl groups excluding tert-OH is 1. The Morgan fingerprint density at radius 2 is 1.89 bits per heavy atom. The molecule has 2 fully saturated rings. The summed E-state index contributed by atoms with van der Waals surface area (Å²) in [6.07, 6.45) is 4.52. The van der Waals surface area contributed by atoms with Crippen LogP contribution in [-0.2, 0) is 10.2 Å². The van der Waals surface area contributed by atoms with Crippen LogP contribution in [0.15, 0.2) is 30.3 Å². The minimum atomic E-state index is -0.335. The highest BCUT2D eigenvalue weighted by atomic mass is 16.3. The molecule has 1 N–H and O–H groups in total. The summed E-state index contributed by atoms with van der Waals surface area (Å²) in [4.78, 5) is 14.8. The summed E-state index contributed by atoms with van der Waals surface area (Å²) in [6, 6.07) is 10.2. The van der Waals surface area contributed by atoms with E-state index in [1.54, 1.807) is 0 Å². The molecular formula is C16H21NO2. The number of amides is 1. The molecule has 1 aliphatic carbocycles. The van der Waals surface area contributed by atoms with Crippen molar-refractivity contribution < 1.29 is 9.90 Å². The molecule has 0 radical (unpaired) electrons. The van der Waals surface area contributed by atoms with Crippen LogP contribution in [0.25, 0.3) is 0 Å². The van der Waals surface area contributed by atoms with Crippen molar-refractivity contribution in [2.24, 2.45) is 0 Å². The lowest BCUT2D eigenvalue weighted by Gasteiger charge is -2.32. The summed E-state index contributed by atoms with van der Waals surface area (Å²) in [6.45, 7) is 1.21. The molecule has 1 unspecified atom stereocenters. The van der Waals surface area contributed by atoms with Gasteiger partial charge in [-0.3, -0.25) is 4.79 Å². The van der Waals surface area contributed by atoms with Crippen molar-refractivity contribution in [3.05, 3.63) is 35.9 Å². The Balaban J connectivity index is 1.91. The first-order chi connectivity index (χ1) is 9.22. The highest BCUT2D eigenvalue weighted by Gasteiger charge is 2.45. The van der Waals surface area contributed by atoms with Crippen molar-refractivity contribution >= 4 is 5.91 Å². The molecule has 102 valence electrons. The Morgan fingerprint density at radius 3 is 2.47 bits per heavy atom. The highest BCUT2D eigenvalue weighted by Crippen LogP contribution is 2.43. The minimum Gasteiger partial charge on any atom is -0.391 e. The molecule has 1 aliphatic heterocycles. The Morgan fingerprint density at radius 1 is 1.21 bits per heavy atom. The Bertz CT molecular complexity index is 451. The topological polar surface area (TPSA) is 40.5 Å². The molecule has 1 aromatic carbocycles. The van der Waals surface area contributed by atoms with E-state index in [0.29, 0.717) is 13.1 Å². The highest BCUT2D eigenvalue weighted by molar-refractivity contribution is 5.89. The summed E-state index contributed by atoms with van der Waals surface area (Å²) in [7, 11) is 0. The molecule has 0 bridgehead atoms. The molecule has 2 aliphatic rings. The van der Waals surface area contributed by atoms with Crippen LogP contribution in [0.1, 0.15) is 37.7 Å². The van der Waals surface area contributed by atoms with Crippen molar-refractivity contribution in [3.8, 4) is 0 Å². The fraction of sp³-hybridized carbons (Fsp3) is 0.562. The molecule has 0 aromatic heterocycles. The van der Waals surface area contributed by atoms with Gasteiger partial charge >= 0.3 is 0 Å². The molecule has 0 spiro atoms. The van der Waals surface area contributed by atoms with Crippen LogP contribution in [-0.4, -0.2) is 35.1 Å². The van der Waals surface area contributed by atoms with Gasteiger partial charge in [-0.2, -0.15) is 0 Å². The van der Waals surface area contributed by atoms with E-state index in [1.165, 1.54) is 0 Å². The number of hydrogen-bond donors (Lipinski definition) is 1. The van der Waals surface area contributed by atoms with E-state index in [-0.39, 0.29) is 17.4 Å². The van der Waals surface area contributed by atoms with Crippen LogP contribution in [0.3, 0.4) is 0 Å². The van der Waals surface area contributed by atoms with Crippen LogP contribution in [0.2, 0.25) is 0 Å². The summed E-state index contributed by atoms with van der Waals surface area (Å²) in [5.41, 5.74) is 0.824. The van der Waals surface area contributed by atoms with E-state index in [9.17, 15) is 9.90 Å². The predicted octanol–water partition coefficient (Wildman–Crippen LogP) is 2.09.